The fourth-order valence-corrected chi connectivity index (χ4v) is 3.51. The highest BCUT2D eigenvalue weighted by atomic mass is 127. The Morgan fingerprint density at radius 1 is 1.11 bits per heavy atom. The van der Waals surface area contributed by atoms with E-state index in [0.717, 1.165) is 55.3 Å². The van der Waals surface area contributed by atoms with E-state index in [9.17, 15) is 0 Å². The molecule has 1 aliphatic carbocycles. The van der Waals surface area contributed by atoms with Gasteiger partial charge in [0, 0.05) is 25.1 Å². The average Bonchev–Trinajstić information content (AvgIpc) is 3.34. The van der Waals surface area contributed by atoms with Crippen molar-refractivity contribution in [3.05, 3.63) is 52.9 Å². The highest BCUT2D eigenvalue weighted by Crippen LogP contribution is 2.47. The molecule has 2 aromatic rings. The first-order chi connectivity index (χ1) is 13.2. The third-order valence-electron chi connectivity index (χ3n) is 5.36. The van der Waals surface area contributed by atoms with Gasteiger partial charge >= 0.3 is 0 Å². The van der Waals surface area contributed by atoms with E-state index < -0.39 is 0 Å². The minimum Gasteiger partial charge on any atom is -0.361 e. The number of nitrogens with zero attached hydrogens (tertiary/aromatic N) is 2. The lowest BCUT2D eigenvalue weighted by molar-refractivity contribution is 0.380. The lowest BCUT2D eigenvalue weighted by atomic mass is 9.96. The van der Waals surface area contributed by atoms with Crippen molar-refractivity contribution >= 4 is 29.9 Å². The number of aryl methyl sites for hydroxylation is 2. The normalized spacial score (nSPS) is 15.0. The third kappa shape index (κ3) is 5.96. The molecule has 154 valence electrons. The van der Waals surface area contributed by atoms with Gasteiger partial charge < -0.3 is 15.2 Å². The van der Waals surface area contributed by atoms with Gasteiger partial charge in [-0.25, -0.2) is 4.99 Å². The molecular formula is C22H33IN4O. The van der Waals surface area contributed by atoms with Crippen molar-refractivity contribution in [3.63, 3.8) is 0 Å². The molecule has 1 aromatic carbocycles. The van der Waals surface area contributed by atoms with Crippen molar-refractivity contribution in [2.24, 2.45) is 10.4 Å². The van der Waals surface area contributed by atoms with E-state index in [0.29, 0.717) is 12.0 Å². The first kappa shape index (κ1) is 22.7. The van der Waals surface area contributed by atoms with Crippen LogP contribution in [0.15, 0.2) is 39.8 Å². The van der Waals surface area contributed by atoms with Crippen LogP contribution < -0.4 is 10.6 Å². The molecule has 6 heteroatoms. The van der Waals surface area contributed by atoms with Gasteiger partial charge in [0.05, 0.1) is 12.2 Å². The number of aliphatic imine (C=N–C) groups is 1. The molecule has 1 heterocycles. The van der Waals surface area contributed by atoms with E-state index in [-0.39, 0.29) is 24.0 Å². The number of halogens is 1. The second-order valence-electron chi connectivity index (χ2n) is 7.45. The van der Waals surface area contributed by atoms with Crippen LogP contribution in [0, 0.1) is 5.41 Å². The minimum atomic E-state index is 0. The van der Waals surface area contributed by atoms with Crippen LogP contribution in [0.25, 0.3) is 0 Å². The fraction of sp³-hybridized carbons (Fsp3) is 0.545. The summed E-state index contributed by atoms with van der Waals surface area (Å²) in [4.78, 5) is 4.81. The summed E-state index contributed by atoms with van der Waals surface area (Å²) in [5, 5.41) is 11.1. The molecule has 1 saturated carbocycles. The zero-order chi connectivity index (χ0) is 19.1. The van der Waals surface area contributed by atoms with Gasteiger partial charge in [-0.2, -0.15) is 0 Å². The van der Waals surface area contributed by atoms with Crippen molar-refractivity contribution in [3.8, 4) is 0 Å². The van der Waals surface area contributed by atoms with Crippen LogP contribution in [-0.2, 0) is 25.8 Å². The maximum absolute atomic E-state index is 5.46. The molecule has 2 N–H and O–H groups in total. The smallest absolute Gasteiger partial charge is 0.191 e. The summed E-state index contributed by atoms with van der Waals surface area (Å²) < 4.78 is 5.46. The van der Waals surface area contributed by atoms with Gasteiger partial charge in [-0.1, -0.05) is 49.3 Å². The second kappa shape index (κ2) is 10.8. The van der Waals surface area contributed by atoms with E-state index in [1.54, 1.807) is 0 Å². The highest BCUT2D eigenvalue weighted by Gasteiger charge is 2.42. The average molecular weight is 496 g/mol. The predicted octanol–water partition coefficient (Wildman–Crippen LogP) is 4.50. The van der Waals surface area contributed by atoms with Crippen molar-refractivity contribution < 1.29 is 4.52 Å². The highest BCUT2D eigenvalue weighted by molar-refractivity contribution is 14.0. The van der Waals surface area contributed by atoms with Crippen molar-refractivity contribution in [2.75, 3.05) is 13.1 Å². The van der Waals surface area contributed by atoms with Crippen LogP contribution >= 0.6 is 24.0 Å². The van der Waals surface area contributed by atoms with E-state index in [4.69, 9.17) is 9.52 Å². The van der Waals surface area contributed by atoms with Crippen molar-refractivity contribution in [1.82, 2.24) is 15.8 Å². The SMILES string of the molecule is CCNC(=NCc1c(CC)noc1CC)NCC1(Cc2ccccc2)CC1.I. The minimum absolute atomic E-state index is 0. The Morgan fingerprint density at radius 2 is 1.86 bits per heavy atom. The van der Waals surface area contributed by atoms with E-state index in [1.165, 1.54) is 18.4 Å². The first-order valence-corrected chi connectivity index (χ1v) is 10.2. The summed E-state index contributed by atoms with van der Waals surface area (Å²) >= 11 is 0. The molecule has 1 aromatic heterocycles. The Bertz CT molecular complexity index is 732. The van der Waals surface area contributed by atoms with Gasteiger partial charge in [-0.3, -0.25) is 0 Å². The largest absolute Gasteiger partial charge is 0.361 e. The number of hydrogen-bond acceptors (Lipinski definition) is 3. The maximum atomic E-state index is 5.46. The fourth-order valence-electron chi connectivity index (χ4n) is 3.51. The predicted molar refractivity (Wildman–Crippen MR) is 125 cm³/mol. The van der Waals surface area contributed by atoms with E-state index in [1.807, 2.05) is 0 Å². The number of benzene rings is 1. The summed E-state index contributed by atoms with van der Waals surface area (Å²) in [6, 6.07) is 10.8. The van der Waals surface area contributed by atoms with Crippen LogP contribution in [0.3, 0.4) is 0 Å². The van der Waals surface area contributed by atoms with Crippen LogP contribution in [0.1, 0.15) is 56.2 Å². The number of nitrogens with one attached hydrogen (secondary N) is 2. The molecule has 0 spiro atoms. The molecule has 1 aliphatic rings. The maximum Gasteiger partial charge on any atom is 0.191 e. The molecule has 0 bridgehead atoms. The van der Waals surface area contributed by atoms with Crippen LogP contribution in [0.4, 0.5) is 0 Å². The molecule has 5 nitrogen and oxygen atoms in total. The van der Waals surface area contributed by atoms with Crippen LogP contribution in [0.2, 0.25) is 0 Å². The van der Waals surface area contributed by atoms with Gasteiger partial charge in [-0.05, 0) is 43.6 Å². The van der Waals surface area contributed by atoms with Gasteiger partial charge in [0.25, 0.3) is 0 Å². The lowest BCUT2D eigenvalue weighted by Crippen LogP contribution is -2.40. The molecule has 28 heavy (non-hydrogen) atoms. The van der Waals surface area contributed by atoms with Gasteiger partial charge in [0.2, 0.25) is 0 Å². The van der Waals surface area contributed by atoms with Gasteiger partial charge in [0.15, 0.2) is 5.96 Å². The number of aromatic nitrogens is 1. The van der Waals surface area contributed by atoms with E-state index in [2.05, 4.69) is 66.9 Å². The summed E-state index contributed by atoms with van der Waals surface area (Å²) in [7, 11) is 0. The molecule has 0 atom stereocenters. The summed E-state index contributed by atoms with van der Waals surface area (Å²) in [6.45, 7) is 8.71. The van der Waals surface area contributed by atoms with Crippen molar-refractivity contribution in [2.45, 2.75) is 59.4 Å². The van der Waals surface area contributed by atoms with Crippen LogP contribution in [0.5, 0.6) is 0 Å². The van der Waals surface area contributed by atoms with E-state index >= 15 is 0 Å². The Morgan fingerprint density at radius 3 is 2.46 bits per heavy atom. The molecule has 0 saturated heterocycles. The van der Waals surface area contributed by atoms with Gasteiger partial charge in [-0.15, -0.1) is 24.0 Å². The standard InChI is InChI=1S/C22H32N4O.HI/c1-4-19-18(20(5-2)27-26-19)15-24-21(23-6-3)25-16-22(12-13-22)14-17-10-8-7-9-11-17;/h7-11H,4-6,12-16H2,1-3H3,(H2,23,24,25);1H. The molecule has 0 radical (unpaired) electrons. The Hall–Kier alpha value is -1.57. The number of hydrogen-bond donors (Lipinski definition) is 2. The lowest BCUT2D eigenvalue weighted by Gasteiger charge is -2.18. The zero-order valence-corrected chi connectivity index (χ0v) is 19.6. The molecule has 0 amide bonds. The Labute approximate surface area is 185 Å². The number of rotatable bonds is 9. The topological polar surface area (TPSA) is 62.5 Å². The van der Waals surface area contributed by atoms with Crippen LogP contribution in [-0.4, -0.2) is 24.2 Å². The summed E-state index contributed by atoms with van der Waals surface area (Å²) in [5.74, 6) is 1.83. The first-order valence-electron chi connectivity index (χ1n) is 10.2. The molecule has 1 fully saturated rings. The molecular weight excluding hydrogens is 463 g/mol. The second-order valence-corrected chi connectivity index (χ2v) is 7.45. The molecule has 3 rings (SSSR count). The summed E-state index contributed by atoms with van der Waals surface area (Å²) in [6.07, 6.45) is 5.41. The molecule has 0 aliphatic heterocycles. The Balaban J connectivity index is 0.00000280. The molecule has 0 unspecified atom stereocenters. The van der Waals surface area contributed by atoms with Crippen molar-refractivity contribution in [1.29, 1.82) is 0 Å². The monoisotopic (exact) mass is 496 g/mol. The Kier molecular flexibility index (Phi) is 8.79. The summed E-state index contributed by atoms with van der Waals surface area (Å²) in [5.41, 5.74) is 3.96. The zero-order valence-electron chi connectivity index (χ0n) is 17.3. The number of guanidine groups is 1. The third-order valence-corrected chi connectivity index (χ3v) is 5.36. The quantitative estimate of drug-likeness (QED) is 0.305. The van der Waals surface area contributed by atoms with Gasteiger partial charge in [0.1, 0.15) is 5.76 Å².